The molecule has 0 aromatic heterocycles. The van der Waals surface area contributed by atoms with Crippen LogP contribution in [0.2, 0.25) is 5.04 Å². The summed E-state index contributed by atoms with van der Waals surface area (Å²) in [5.41, 5.74) is 1.57. The van der Waals surface area contributed by atoms with Crippen LogP contribution in [0.25, 0.3) is 0 Å². The first-order valence-electron chi connectivity index (χ1n) is 5.77. The van der Waals surface area contributed by atoms with Crippen LogP contribution in [-0.4, -0.2) is 10.2 Å². The van der Waals surface area contributed by atoms with E-state index in [1.807, 2.05) is 0 Å². The maximum Gasteiger partial charge on any atom is 0.0154 e. The highest BCUT2D eigenvalue weighted by Gasteiger charge is 2.26. The molecule has 0 spiro atoms. The summed E-state index contributed by atoms with van der Waals surface area (Å²) in [6.45, 7) is 9.06. The highest BCUT2D eigenvalue weighted by molar-refractivity contribution is 6.17. The Kier molecular flexibility index (Phi) is 3.78. The van der Waals surface area contributed by atoms with E-state index in [1.54, 1.807) is 5.57 Å². The first kappa shape index (κ1) is 11.0. The second-order valence-corrected chi connectivity index (χ2v) is 7.30. The summed E-state index contributed by atoms with van der Waals surface area (Å²) in [7, 11) is 1.27. The third-order valence-corrected chi connectivity index (χ3v) is 5.20. The minimum Gasteiger partial charge on any atom is -0.0994 e. The molecule has 1 unspecified atom stereocenters. The molecule has 0 radical (unpaired) electrons. The average molecular weight is 196 g/mol. The number of allylic oxidation sites excluding steroid dienone is 1. The van der Waals surface area contributed by atoms with Crippen LogP contribution < -0.4 is 0 Å². The Morgan fingerprint density at radius 1 is 1.38 bits per heavy atom. The fourth-order valence-corrected chi connectivity index (χ4v) is 2.64. The molecule has 1 heteroatoms. The van der Waals surface area contributed by atoms with Gasteiger partial charge >= 0.3 is 0 Å². The van der Waals surface area contributed by atoms with E-state index in [1.165, 1.54) is 48.8 Å². The molecule has 1 aliphatic carbocycles. The molecule has 1 saturated carbocycles. The van der Waals surface area contributed by atoms with Gasteiger partial charge in [-0.25, -0.2) is 0 Å². The van der Waals surface area contributed by atoms with E-state index in [9.17, 15) is 0 Å². The van der Waals surface area contributed by atoms with E-state index >= 15 is 0 Å². The maximum absolute atomic E-state index is 4.36. The predicted octanol–water partition coefficient (Wildman–Crippen LogP) is 3.08. The minimum atomic E-state index is 0.502. The smallest absolute Gasteiger partial charge is 0.0154 e. The van der Waals surface area contributed by atoms with Crippen LogP contribution in [0, 0.1) is 5.92 Å². The Labute approximate surface area is 86.2 Å². The van der Waals surface area contributed by atoms with Crippen molar-refractivity contribution in [3.8, 4) is 0 Å². The highest BCUT2D eigenvalue weighted by Crippen LogP contribution is 2.43. The first-order valence-corrected chi connectivity index (χ1v) is 6.77. The molecule has 76 valence electrons. The molecule has 0 saturated heterocycles. The van der Waals surface area contributed by atoms with Crippen molar-refractivity contribution in [3.63, 3.8) is 0 Å². The van der Waals surface area contributed by atoms with E-state index in [-0.39, 0.29) is 0 Å². The lowest BCUT2D eigenvalue weighted by Crippen LogP contribution is -2.19. The van der Waals surface area contributed by atoms with Gasteiger partial charge in [-0.3, -0.25) is 0 Å². The summed E-state index contributed by atoms with van der Waals surface area (Å²) in [5, 5.41) is 0.502. The largest absolute Gasteiger partial charge is 0.0994 e. The summed E-state index contributed by atoms with van der Waals surface area (Å²) < 4.78 is 0. The molecule has 0 amide bonds. The number of rotatable bonds is 3. The zero-order valence-electron chi connectivity index (χ0n) is 9.53. The van der Waals surface area contributed by atoms with Gasteiger partial charge in [0.05, 0.1) is 0 Å². The lowest BCUT2D eigenvalue weighted by atomic mass is 9.78. The molecule has 0 aliphatic heterocycles. The molecule has 13 heavy (non-hydrogen) atoms. The van der Waals surface area contributed by atoms with Crippen LogP contribution in [0.15, 0.2) is 12.2 Å². The molecular weight excluding hydrogens is 172 g/mol. The van der Waals surface area contributed by atoms with E-state index in [0.717, 1.165) is 5.92 Å². The lowest BCUT2D eigenvalue weighted by molar-refractivity contribution is 0.379. The van der Waals surface area contributed by atoms with Crippen LogP contribution in [0.1, 0.15) is 52.4 Å². The molecule has 1 aliphatic rings. The standard InChI is InChI=1S/C12H24Si/c1-4-12(3,13)10(2)11-8-6-5-7-9-11/h11H,2,4-9H2,1,3,13H3. The number of hydrogen-bond donors (Lipinski definition) is 0. The summed E-state index contributed by atoms with van der Waals surface area (Å²) in [5.74, 6) is 0.858. The third-order valence-electron chi connectivity index (χ3n) is 3.85. The SMILES string of the molecule is C=C(C1CCCCC1)C(C)([SiH3])CC. The van der Waals surface area contributed by atoms with Crippen molar-refractivity contribution < 1.29 is 0 Å². The normalized spacial score (nSPS) is 24.2. The summed E-state index contributed by atoms with van der Waals surface area (Å²) >= 11 is 0. The minimum absolute atomic E-state index is 0.502. The molecule has 1 atom stereocenters. The topological polar surface area (TPSA) is 0 Å². The van der Waals surface area contributed by atoms with Gasteiger partial charge in [0.2, 0.25) is 0 Å². The Morgan fingerprint density at radius 2 is 1.92 bits per heavy atom. The molecule has 1 rings (SSSR count). The second kappa shape index (κ2) is 4.45. The van der Waals surface area contributed by atoms with E-state index in [0.29, 0.717) is 5.04 Å². The van der Waals surface area contributed by atoms with Gasteiger partial charge in [0.15, 0.2) is 0 Å². The molecule has 0 bridgehead atoms. The van der Waals surface area contributed by atoms with Crippen LogP contribution in [-0.2, 0) is 0 Å². The molecule has 0 aromatic rings. The van der Waals surface area contributed by atoms with Gasteiger partial charge in [-0.2, -0.15) is 0 Å². The molecule has 0 aromatic carbocycles. The predicted molar refractivity (Wildman–Crippen MR) is 64.3 cm³/mol. The molecule has 1 fully saturated rings. The van der Waals surface area contributed by atoms with E-state index in [2.05, 4.69) is 20.4 Å². The second-order valence-electron chi connectivity index (χ2n) is 5.10. The Morgan fingerprint density at radius 3 is 2.38 bits per heavy atom. The fraction of sp³-hybridized carbons (Fsp3) is 0.833. The quantitative estimate of drug-likeness (QED) is 0.481. The van der Waals surface area contributed by atoms with Crippen LogP contribution >= 0.6 is 0 Å². The lowest BCUT2D eigenvalue weighted by Gasteiger charge is -2.34. The summed E-state index contributed by atoms with van der Waals surface area (Å²) in [4.78, 5) is 0. The van der Waals surface area contributed by atoms with Gasteiger partial charge in [-0.15, -0.1) is 0 Å². The Bertz CT molecular complexity index is 176. The average Bonchev–Trinajstić information content (AvgIpc) is 2.18. The fourth-order valence-electron chi connectivity index (χ4n) is 2.23. The van der Waals surface area contributed by atoms with Crippen molar-refractivity contribution in [3.05, 3.63) is 12.2 Å². The number of hydrogen-bond acceptors (Lipinski definition) is 0. The van der Waals surface area contributed by atoms with Crippen LogP contribution in [0.5, 0.6) is 0 Å². The van der Waals surface area contributed by atoms with Crippen molar-refractivity contribution in [1.29, 1.82) is 0 Å². The zero-order chi connectivity index (χ0) is 9.90. The van der Waals surface area contributed by atoms with Crippen molar-refractivity contribution in [1.82, 2.24) is 0 Å². The van der Waals surface area contributed by atoms with Crippen LogP contribution in [0.4, 0.5) is 0 Å². The molecule has 0 heterocycles. The van der Waals surface area contributed by atoms with Gasteiger partial charge in [0.1, 0.15) is 0 Å². The van der Waals surface area contributed by atoms with Crippen molar-refractivity contribution in [2.75, 3.05) is 0 Å². The van der Waals surface area contributed by atoms with Gasteiger partial charge in [0.25, 0.3) is 0 Å². The molecule has 0 nitrogen and oxygen atoms in total. The van der Waals surface area contributed by atoms with E-state index in [4.69, 9.17) is 0 Å². The summed E-state index contributed by atoms with van der Waals surface area (Å²) in [6.07, 6.45) is 8.44. The highest BCUT2D eigenvalue weighted by atomic mass is 28.1. The Hall–Kier alpha value is -0.0431. The monoisotopic (exact) mass is 196 g/mol. The molecular formula is C12H24Si. The van der Waals surface area contributed by atoms with Gasteiger partial charge in [-0.1, -0.05) is 51.7 Å². The third kappa shape index (κ3) is 2.70. The van der Waals surface area contributed by atoms with Gasteiger partial charge in [-0.05, 0) is 23.8 Å². The Balaban J connectivity index is 2.55. The van der Waals surface area contributed by atoms with Crippen molar-refractivity contribution >= 4 is 10.2 Å². The summed E-state index contributed by atoms with van der Waals surface area (Å²) in [6, 6.07) is 0. The maximum atomic E-state index is 4.36. The van der Waals surface area contributed by atoms with Crippen LogP contribution in [0.3, 0.4) is 0 Å². The zero-order valence-corrected chi connectivity index (χ0v) is 11.5. The van der Waals surface area contributed by atoms with E-state index < -0.39 is 0 Å². The first-order chi connectivity index (χ1) is 6.08. The molecule has 0 N–H and O–H groups in total. The van der Waals surface area contributed by atoms with Gasteiger partial charge in [0, 0.05) is 10.2 Å². The van der Waals surface area contributed by atoms with Crippen molar-refractivity contribution in [2.45, 2.75) is 57.4 Å². The van der Waals surface area contributed by atoms with Gasteiger partial charge < -0.3 is 0 Å². The van der Waals surface area contributed by atoms with Crippen molar-refractivity contribution in [2.24, 2.45) is 5.92 Å².